The van der Waals surface area contributed by atoms with E-state index >= 15 is 0 Å². The molecule has 160 valence electrons. The fourth-order valence-electron chi connectivity index (χ4n) is 3.93. The average molecular weight is 424 g/mol. The van der Waals surface area contributed by atoms with Crippen LogP contribution >= 0.6 is 0 Å². The summed E-state index contributed by atoms with van der Waals surface area (Å²) in [5.41, 5.74) is 3.78. The maximum absolute atomic E-state index is 13.3. The van der Waals surface area contributed by atoms with E-state index in [-0.39, 0.29) is 5.91 Å². The van der Waals surface area contributed by atoms with Crippen LogP contribution < -0.4 is 4.90 Å². The number of halogens is 3. The second-order valence-corrected chi connectivity index (χ2v) is 7.74. The Morgan fingerprint density at radius 1 is 0.839 bits per heavy atom. The predicted molar refractivity (Wildman–Crippen MR) is 116 cm³/mol. The fraction of sp³-hybridized carbons (Fsp3) is 0.240. The highest BCUT2D eigenvalue weighted by Crippen LogP contribution is 2.31. The van der Waals surface area contributed by atoms with Crippen molar-refractivity contribution in [2.75, 3.05) is 31.1 Å². The third kappa shape index (κ3) is 4.58. The first-order valence-corrected chi connectivity index (χ1v) is 10.2. The molecule has 1 aliphatic heterocycles. The number of alkyl halides is 3. The second kappa shape index (κ2) is 8.46. The molecule has 1 aliphatic rings. The molecule has 0 unspecified atom stereocenters. The number of aryl methyl sites for hydroxylation is 1. The van der Waals surface area contributed by atoms with E-state index in [1.54, 1.807) is 0 Å². The lowest BCUT2D eigenvalue weighted by molar-refractivity contribution is -0.137. The first-order valence-electron chi connectivity index (χ1n) is 10.2. The molecule has 1 amide bonds. The van der Waals surface area contributed by atoms with Gasteiger partial charge in [-0.15, -0.1) is 0 Å². The first kappa shape index (κ1) is 21.0. The van der Waals surface area contributed by atoms with E-state index in [2.05, 4.69) is 6.07 Å². The van der Waals surface area contributed by atoms with Gasteiger partial charge in [-0.25, -0.2) is 0 Å². The minimum atomic E-state index is -4.34. The number of anilines is 1. The molecule has 3 nitrogen and oxygen atoms in total. The van der Waals surface area contributed by atoms with Crippen molar-refractivity contribution in [1.82, 2.24) is 4.90 Å². The molecule has 0 bridgehead atoms. The first-order chi connectivity index (χ1) is 14.8. The van der Waals surface area contributed by atoms with Crippen LogP contribution in [-0.4, -0.2) is 37.0 Å². The van der Waals surface area contributed by atoms with Gasteiger partial charge in [-0.2, -0.15) is 13.2 Å². The Balaban J connectivity index is 1.47. The van der Waals surface area contributed by atoms with Crippen molar-refractivity contribution in [2.24, 2.45) is 0 Å². The van der Waals surface area contributed by atoms with E-state index in [0.717, 1.165) is 34.5 Å². The summed E-state index contributed by atoms with van der Waals surface area (Å²) in [5.74, 6) is -0.0239. The van der Waals surface area contributed by atoms with E-state index < -0.39 is 11.7 Å². The zero-order chi connectivity index (χ0) is 22.0. The van der Waals surface area contributed by atoms with Gasteiger partial charge in [-0.05, 0) is 48.4 Å². The van der Waals surface area contributed by atoms with Gasteiger partial charge < -0.3 is 9.80 Å². The summed E-state index contributed by atoms with van der Waals surface area (Å²) in [7, 11) is 0. The number of carbonyl (C=O) groups excluding carboxylic acids is 1. The lowest BCUT2D eigenvalue weighted by Gasteiger charge is -2.36. The summed E-state index contributed by atoms with van der Waals surface area (Å²) >= 11 is 0. The van der Waals surface area contributed by atoms with E-state index in [4.69, 9.17) is 0 Å². The van der Waals surface area contributed by atoms with Gasteiger partial charge in [0.25, 0.3) is 5.91 Å². The number of hydrogen-bond donors (Lipinski definition) is 0. The lowest BCUT2D eigenvalue weighted by Crippen LogP contribution is -2.48. The van der Waals surface area contributed by atoms with E-state index in [1.807, 2.05) is 59.2 Å². The van der Waals surface area contributed by atoms with Crippen LogP contribution in [-0.2, 0) is 6.18 Å². The lowest BCUT2D eigenvalue weighted by atomic mass is 9.97. The van der Waals surface area contributed by atoms with Crippen LogP contribution in [0.25, 0.3) is 11.1 Å². The molecule has 31 heavy (non-hydrogen) atoms. The second-order valence-electron chi connectivity index (χ2n) is 7.74. The predicted octanol–water partition coefficient (Wildman–Crippen LogP) is 5.64. The van der Waals surface area contributed by atoms with Crippen molar-refractivity contribution in [2.45, 2.75) is 13.1 Å². The summed E-state index contributed by atoms with van der Waals surface area (Å²) in [4.78, 5) is 17.1. The number of benzene rings is 3. The van der Waals surface area contributed by atoms with Crippen LogP contribution in [0.2, 0.25) is 0 Å². The summed E-state index contributed by atoms with van der Waals surface area (Å²) in [5, 5.41) is 0. The molecule has 3 aromatic rings. The minimum absolute atomic E-state index is 0.0239. The molecule has 0 atom stereocenters. The van der Waals surface area contributed by atoms with Crippen molar-refractivity contribution in [3.8, 4) is 11.1 Å². The number of rotatable bonds is 3. The standard InChI is InChI=1S/C25H23F3N2O/c1-18-5-4-6-19(17-18)22-7-2-3-8-23(22)24(31)30-15-13-29(14-16-30)21-11-9-20(10-12-21)25(26,27)28/h2-12,17H,13-16H2,1H3. The van der Waals surface area contributed by atoms with Gasteiger partial charge in [0, 0.05) is 37.4 Å². The van der Waals surface area contributed by atoms with Crippen LogP contribution in [0.5, 0.6) is 0 Å². The van der Waals surface area contributed by atoms with Crippen LogP contribution in [0.4, 0.5) is 18.9 Å². The highest BCUT2D eigenvalue weighted by Gasteiger charge is 2.30. The third-order valence-corrected chi connectivity index (χ3v) is 5.61. The monoisotopic (exact) mass is 424 g/mol. The van der Waals surface area contributed by atoms with Crippen molar-refractivity contribution >= 4 is 11.6 Å². The molecule has 0 aliphatic carbocycles. The Morgan fingerprint density at radius 2 is 1.52 bits per heavy atom. The van der Waals surface area contributed by atoms with Gasteiger partial charge in [-0.3, -0.25) is 4.79 Å². The number of carbonyl (C=O) groups is 1. The van der Waals surface area contributed by atoms with Gasteiger partial charge in [0.05, 0.1) is 5.56 Å². The molecular formula is C25H23F3N2O. The Kier molecular flexibility index (Phi) is 5.72. The molecule has 1 fully saturated rings. The van der Waals surface area contributed by atoms with Crippen molar-refractivity contribution in [1.29, 1.82) is 0 Å². The molecule has 4 rings (SSSR count). The molecular weight excluding hydrogens is 401 g/mol. The summed E-state index contributed by atoms with van der Waals surface area (Å²) in [6.45, 7) is 4.20. The molecule has 0 radical (unpaired) electrons. The molecule has 1 heterocycles. The Hall–Kier alpha value is -3.28. The van der Waals surface area contributed by atoms with Gasteiger partial charge in [0.2, 0.25) is 0 Å². The van der Waals surface area contributed by atoms with Crippen LogP contribution in [0.15, 0.2) is 72.8 Å². The van der Waals surface area contributed by atoms with E-state index in [0.29, 0.717) is 31.7 Å². The van der Waals surface area contributed by atoms with E-state index in [9.17, 15) is 18.0 Å². The molecule has 3 aromatic carbocycles. The topological polar surface area (TPSA) is 23.6 Å². The highest BCUT2D eigenvalue weighted by molar-refractivity contribution is 6.01. The quantitative estimate of drug-likeness (QED) is 0.543. The van der Waals surface area contributed by atoms with Crippen LogP contribution in [0.1, 0.15) is 21.5 Å². The Labute approximate surface area is 179 Å². The maximum atomic E-state index is 13.3. The van der Waals surface area contributed by atoms with E-state index in [1.165, 1.54) is 12.1 Å². The van der Waals surface area contributed by atoms with Crippen LogP contribution in [0, 0.1) is 6.92 Å². The Bertz CT molecular complexity index is 1070. The Morgan fingerprint density at radius 3 is 2.16 bits per heavy atom. The zero-order valence-corrected chi connectivity index (χ0v) is 17.2. The highest BCUT2D eigenvalue weighted by atomic mass is 19.4. The van der Waals surface area contributed by atoms with Crippen molar-refractivity contribution in [3.63, 3.8) is 0 Å². The normalized spacial score (nSPS) is 14.6. The zero-order valence-electron chi connectivity index (χ0n) is 17.2. The minimum Gasteiger partial charge on any atom is -0.368 e. The van der Waals surface area contributed by atoms with Crippen molar-refractivity contribution in [3.05, 3.63) is 89.5 Å². The van der Waals surface area contributed by atoms with Gasteiger partial charge in [0.15, 0.2) is 0 Å². The molecule has 6 heteroatoms. The third-order valence-electron chi connectivity index (χ3n) is 5.61. The maximum Gasteiger partial charge on any atom is 0.416 e. The molecule has 0 N–H and O–H groups in total. The smallest absolute Gasteiger partial charge is 0.368 e. The summed E-state index contributed by atoms with van der Waals surface area (Å²) in [6, 6.07) is 20.9. The van der Waals surface area contributed by atoms with Gasteiger partial charge in [-0.1, -0.05) is 48.0 Å². The van der Waals surface area contributed by atoms with Crippen molar-refractivity contribution < 1.29 is 18.0 Å². The molecule has 1 saturated heterocycles. The fourth-order valence-corrected chi connectivity index (χ4v) is 3.93. The number of amides is 1. The van der Waals surface area contributed by atoms with Gasteiger partial charge in [0.1, 0.15) is 0 Å². The largest absolute Gasteiger partial charge is 0.416 e. The SMILES string of the molecule is Cc1cccc(-c2ccccc2C(=O)N2CCN(c3ccc(C(F)(F)F)cc3)CC2)c1. The number of piperazine rings is 1. The summed E-state index contributed by atoms with van der Waals surface area (Å²) < 4.78 is 38.3. The average Bonchev–Trinajstić information content (AvgIpc) is 2.78. The van der Waals surface area contributed by atoms with Gasteiger partial charge >= 0.3 is 6.18 Å². The molecule has 0 saturated carbocycles. The van der Waals surface area contributed by atoms with Crippen LogP contribution in [0.3, 0.4) is 0 Å². The summed E-state index contributed by atoms with van der Waals surface area (Å²) in [6.07, 6.45) is -4.34. The number of nitrogens with zero attached hydrogens (tertiary/aromatic N) is 2. The number of hydrogen-bond acceptors (Lipinski definition) is 2. The molecule has 0 spiro atoms. The molecule has 0 aromatic heterocycles.